The first kappa shape index (κ1) is 18.0. The van der Waals surface area contributed by atoms with E-state index in [1.165, 1.54) is 21.6 Å². The number of hydrogen-bond donors (Lipinski definition) is 1. The lowest BCUT2D eigenvalue weighted by molar-refractivity contribution is 0.186. The number of fused-ring (bicyclic) bond motifs is 4. The maximum atomic E-state index is 12.9. The molecule has 0 radical (unpaired) electrons. The van der Waals surface area contributed by atoms with Crippen LogP contribution in [0.3, 0.4) is 0 Å². The minimum Gasteiger partial charge on any atom is -0.383 e. The summed E-state index contributed by atoms with van der Waals surface area (Å²) in [6, 6.07) is 9.79. The summed E-state index contributed by atoms with van der Waals surface area (Å²) >= 11 is 1.70. The number of aryl methyl sites for hydroxylation is 1. The second-order valence-corrected chi connectivity index (χ2v) is 8.98. The normalized spacial score (nSPS) is 19.1. The number of nitrogens with zero attached hydrogens (tertiary/aromatic N) is 2. The van der Waals surface area contributed by atoms with E-state index in [4.69, 9.17) is 4.74 Å². The van der Waals surface area contributed by atoms with Gasteiger partial charge in [0.2, 0.25) is 0 Å². The van der Waals surface area contributed by atoms with Crippen molar-refractivity contribution in [2.24, 2.45) is 0 Å². The Morgan fingerprint density at radius 2 is 2.00 bits per heavy atom. The van der Waals surface area contributed by atoms with Crippen LogP contribution in [0.4, 0.5) is 0 Å². The summed E-state index contributed by atoms with van der Waals surface area (Å²) in [6.07, 6.45) is 6.95. The smallest absolute Gasteiger partial charge is 0.262 e. The van der Waals surface area contributed by atoms with Crippen molar-refractivity contribution in [1.82, 2.24) is 14.9 Å². The molecule has 6 heteroatoms. The number of benzene rings is 1. The molecule has 0 saturated heterocycles. The van der Waals surface area contributed by atoms with Crippen molar-refractivity contribution in [2.75, 3.05) is 13.7 Å². The molecule has 0 bridgehead atoms. The lowest BCUT2D eigenvalue weighted by Gasteiger charge is -2.26. The molecule has 2 aliphatic rings. The van der Waals surface area contributed by atoms with E-state index in [1.807, 2.05) is 0 Å². The number of hydrogen-bond acceptors (Lipinski definition) is 5. The van der Waals surface area contributed by atoms with Crippen molar-refractivity contribution in [2.45, 2.75) is 50.7 Å². The van der Waals surface area contributed by atoms with Gasteiger partial charge in [0.25, 0.3) is 5.56 Å². The summed E-state index contributed by atoms with van der Waals surface area (Å²) in [5.41, 5.74) is 4.28. The average Bonchev–Trinajstić information content (AvgIpc) is 3.27. The molecule has 1 N–H and O–H groups in total. The first-order valence-electron chi connectivity index (χ1n) is 10.0. The number of thiophene rings is 1. The van der Waals surface area contributed by atoms with Crippen molar-refractivity contribution in [3.05, 3.63) is 62.5 Å². The van der Waals surface area contributed by atoms with E-state index in [1.54, 1.807) is 29.3 Å². The number of aromatic nitrogens is 2. The van der Waals surface area contributed by atoms with Crippen molar-refractivity contribution < 1.29 is 4.74 Å². The fourth-order valence-electron chi connectivity index (χ4n) is 4.70. The third-order valence-electron chi connectivity index (χ3n) is 6.09. The lowest BCUT2D eigenvalue weighted by atomic mass is 9.92. The van der Waals surface area contributed by atoms with Crippen LogP contribution >= 0.6 is 11.3 Å². The quantitative estimate of drug-likeness (QED) is 0.722. The van der Waals surface area contributed by atoms with Crippen molar-refractivity contribution in [3.63, 3.8) is 0 Å². The fraction of sp³-hybridized carbons (Fsp3) is 0.455. The molecule has 5 nitrogen and oxygen atoms in total. The number of nitrogens with one attached hydrogen (secondary N) is 1. The lowest BCUT2D eigenvalue weighted by Crippen LogP contribution is -2.41. The van der Waals surface area contributed by atoms with Crippen LogP contribution < -0.4 is 10.9 Å². The Kier molecular flexibility index (Phi) is 4.78. The van der Waals surface area contributed by atoms with Gasteiger partial charge in [0.1, 0.15) is 4.83 Å². The molecular formula is C22H25N3O2S. The third-order valence-corrected chi connectivity index (χ3v) is 7.26. The van der Waals surface area contributed by atoms with Gasteiger partial charge >= 0.3 is 0 Å². The Balaban J connectivity index is 1.34. The summed E-state index contributed by atoms with van der Waals surface area (Å²) in [6.45, 7) is 1.07. The Morgan fingerprint density at radius 3 is 2.75 bits per heavy atom. The molecule has 0 fully saturated rings. The highest BCUT2D eigenvalue weighted by Crippen LogP contribution is 2.34. The predicted octanol–water partition coefficient (Wildman–Crippen LogP) is 2.72. The molecule has 0 amide bonds. The van der Waals surface area contributed by atoms with Crippen LogP contribution in [0.5, 0.6) is 0 Å². The molecule has 146 valence electrons. The molecule has 28 heavy (non-hydrogen) atoms. The molecule has 2 aromatic heterocycles. The van der Waals surface area contributed by atoms with Crippen LogP contribution in [0.25, 0.3) is 10.2 Å². The van der Waals surface area contributed by atoms with Gasteiger partial charge in [-0.15, -0.1) is 11.3 Å². The summed E-state index contributed by atoms with van der Waals surface area (Å²) in [5.74, 6) is 0. The zero-order valence-electron chi connectivity index (χ0n) is 16.1. The zero-order chi connectivity index (χ0) is 19.1. The zero-order valence-corrected chi connectivity index (χ0v) is 16.9. The largest absolute Gasteiger partial charge is 0.383 e. The Morgan fingerprint density at radius 1 is 1.21 bits per heavy atom. The third kappa shape index (κ3) is 3.19. The molecule has 3 aromatic rings. The van der Waals surface area contributed by atoms with Gasteiger partial charge in [-0.2, -0.15) is 0 Å². The Bertz CT molecular complexity index is 1050. The van der Waals surface area contributed by atoms with Gasteiger partial charge in [0.05, 0.1) is 24.9 Å². The molecular weight excluding hydrogens is 370 g/mol. The van der Waals surface area contributed by atoms with Gasteiger partial charge in [-0.1, -0.05) is 24.3 Å². The highest BCUT2D eigenvalue weighted by molar-refractivity contribution is 7.18. The molecule has 0 saturated carbocycles. The van der Waals surface area contributed by atoms with Crippen LogP contribution in [-0.2, 0) is 37.0 Å². The topological polar surface area (TPSA) is 56.2 Å². The van der Waals surface area contributed by atoms with E-state index >= 15 is 0 Å². The molecule has 1 atom stereocenters. The number of methoxy groups -OCH3 is 1. The standard InChI is InChI=1S/C22H25N3O2S/c1-27-9-8-25-13-23-21-20(22(25)26)18-7-6-16(12-19(18)28-21)24-17-10-14-4-2-3-5-15(14)11-17/h2-5,13,16-17,24H,6-12H2,1H3. The molecule has 1 aromatic carbocycles. The van der Waals surface area contributed by atoms with Gasteiger partial charge in [-0.25, -0.2) is 4.98 Å². The maximum absolute atomic E-state index is 12.9. The highest BCUT2D eigenvalue weighted by atomic mass is 32.1. The first-order valence-corrected chi connectivity index (χ1v) is 10.9. The Hall–Kier alpha value is -2.02. The van der Waals surface area contributed by atoms with Crippen LogP contribution in [0.1, 0.15) is 28.0 Å². The summed E-state index contributed by atoms with van der Waals surface area (Å²) < 4.78 is 6.79. The maximum Gasteiger partial charge on any atom is 0.262 e. The van der Waals surface area contributed by atoms with Crippen LogP contribution in [0.2, 0.25) is 0 Å². The van der Waals surface area contributed by atoms with E-state index in [0.717, 1.165) is 42.3 Å². The van der Waals surface area contributed by atoms with Crippen LogP contribution in [0, 0.1) is 0 Å². The summed E-state index contributed by atoms with van der Waals surface area (Å²) in [4.78, 5) is 19.7. The SMILES string of the molecule is COCCn1cnc2sc3c(c2c1=O)CCC(NC1Cc2ccccc2C1)C3. The van der Waals surface area contributed by atoms with E-state index in [-0.39, 0.29) is 5.56 Å². The fourth-order valence-corrected chi connectivity index (χ4v) is 5.96. The first-order chi connectivity index (χ1) is 13.7. The van der Waals surface area contributed by atoms with Gasteiger partial charge in [-0.3, -0.25) is 9.36 Å². The van der Waals surface area contributed by atoms with Crippen molar-refractivity contribution >= 4 is 21.6 Å². The molecule has 2 heterocycles. The van der Waals surface area contributed by atoms with E-state index in [2.05, 4.69) is 34.6 Å². The van der Waals surface area contributed by atoms with E-state index in [9.17, 15) is 4.79 Å². The minimum absolute atomic E-state index is 0.0807. The molecule has 0 aliphatic heterocycles. The molecule has 2 aliphatic carbocycles. The van der Waals surface area contributed by atoms with Crippen LogP contribution in [-0.4, -0.2) is 35.4 Å². The molecule has 5 rings (SSSR count). The number of ether oxygens (including phenoxy) is 1. The van der Waals surface area contributed by atoms with E-state index in [0.29, 0.717) is 25.2 Å². The monoisotopic (exact) mass is 395 g/mol. The van der Waals surface area contributed by atoms with E-state index < -0.39 is 0 Å². The van der Waals surface area contributed by atoms with Crippen molar-refractivity contribution in [3.8, 4) is 0 Å². The highest BCUT2D eigenvalue weighted by Gasteiger charge is 2.28. The minimum atomic E-state index is 0.0807. The average molecular weight is 396 g/mol. The van der Waals surface area contributed by atoms with Gasteiger partial charge < -0.3 is 10.1 Å². The van der Waals surface area contributed by atoms with Gasteiger partial charge in [0, 0.05) is 24.1 Å². The van der Waals surface area contributed by atoms with Gasteiger partial charge in [0.15, 0.2) is 0 Å². The Labute approximate surface area is 168 Å². The summed E-state index contributed by atoms with van der Waals surface area (Å²) in [7, 11) is 1.65. The molecule has 1 unspecified atom stereocenters. The summed E-state index contributed by atoms with van der Waals surface area (Å²) in [5, 5.41) is 4.73. The van der Waals surface area contributed by atoms with Gasteiger partial charge in [-0.05, 0) is 48.8 Å². The second-order valence-electron chi connectivity index (χ2n) is 7.90. The number of rotatable bonds is 5. The van der Waals surface area contributed by atoms with Crippen molar-refractivity contribution in [1.29, 1.82) is 0 Å². The van der Waals surface area contributed by atoms with Crippen LogP contribution in [0.15, 0.2) is 35.4 Å². The second kappa shape index (κ2) is 7.43. The predicted molar refractivity (Wildman–Crippen MR) is 112 cm³/mol. The molecule has 0 spiro atoms.